The van der Waals surface area contributed by atoms with Gasteiger partial charge in [0.1, 0.15) is 0 Å². The maximum Gasteiger partial charge on any atom is 0.152 e. The van der Waals surface area contributed by atoms with E-state index in [4.69, 9.17) is 0 Å². The standard InChI is InChI=1S/C15H29NO2/c1-6-8-10-12(3)15(18)14(16(4)5)13(17)11-9-7-2/h6,8,12,14-15,18H,7,9-11H2,1-5H3/b8-6+/t12-,14-,15-/m1/s1. The van der Waals surface area contributed by atoms with Crippen LogP contribution in [0.1, 0.15) is 46.5 Å². The van der Waals surface area contributed by atoms with Gasteiger partial charge in [-0.2, -0.15) is 0 Å². The summed E-state index contributed by atoms with van der Waals surface area (Å²) in [5.74, 6) is 0.251. The van der Waals surface area contributed by atoms with E-state index in [-0.39, 0.29) is 17.7 Å². The monoisotopic (exact) mass is 255 g/mol. The molecule has 0 rings (SSSR count). The first-order valence-corrected chi connectivity index (χ1v) is 6.94. The van der Waals surface area contributed by atoms with Gasteiger partial charge in [0.15, 0.2) is 5.78 Å². The summed E-state index contributed by atoms with van der Waals surface area (Å²) < 4.78 is 0. The molecule has 3 atom stereocenters. The molecule has 3 heteroatoms. The van der Waals surface area contributed by atoms with E-state index in [1.165, 1.54) is 0 Å². The summed E-state index contributed by atoms with van der Waals surface area (Å²) in [4.78, 5) is 14.0. The molecular formula is C15H29NO2. The summed E-state index contributed by atoms with van der Waals surface area (Å²) in [7, 11) is 3.72. The second kappa shape index (κ2) is 9.29. The third kappa shape index (κ3) is 5.78. The van der Waals surface area contributed by atoms with E-state index in [9.17, 15) is 9.90 Å². The molecule has 0 saturated heterocycles. The lowest BCUT2D eigenvalue weighted by Crippen LogP contribution is -2.47. The van der Waals surface area contributed by atoms with Crippen LogP contribution >= 0.6 is 0 Å². The average Bonchev–Trinajstić information content (AvgIpc) is 2.32. The van der Waals surface area contributed by atoms with Crippen LogP contribution in [0.2, 0.25) is 0 Å². The maximum atomic E-state index is 12.1. The molecule has 0 spiro atoms. The first-order valence-electron chi connectivity index (χ1n) is 6.94. The minimum Gasteiger partial charge on any atom is -0.391 e. The van der Waals surface area contributed by atoms with Gasteiger partial charge < -0.3 is 5.11 Å². The number of hydrogen-bond acceptors (Lipinski definition) is 3. The Labute approximate surface area is 112 Å². The fourth-order valence-corrected chi connectivity index (χ4v) is 2.08. The van der Waals surface area contributed by atoms with E-state index in [2.05, 4.69) is 6.92 Å². The van der Waals surface area contributed by atoms with Gasteiger partial charge in [-0.1, -0.05) is 32.4 Å². The number of unbranched alkanes of at least 4 members (excludes halogenated alkanes) is 1. The number of rotatable bonds is 9. The average molecular weight is 255 g/mol. The molecule has 0 aliphatic heterocycles. The highest BCUT2D eigenvalue weighted by atomic mass is 16.3. The van der Waals surface area contributed by atoms with Gasteiger partial charge in [-0.15, -0.1) is 0 Å². The van der Waals surface area contributed by atoms with E-state index in [1.54, 1.807) is 0 Å². The fraction of sp³-hybridized carbons (Fsp3) is 0.800. The second-order valence-electron chi connectivity index (χ2n) is 5.25. The zero-order valence-corrected chi connectivity index (χ0v) is 12.5. The van der Waals surface area contributed by atoms with Gasteiger partial charge >= 0.3 is 0 Å². The molecule has 0 amide bonds. The van der Waals surface area contributed by atoms with E-state index in [1.807, 2.05) is 45.0 Å². The van der Waals surface area contributed by atoms with Crippen LogP contribution in [0, 0.1) is 5.92 Å². The normalized spacial score (nSPS) is 17.1. The number of carbonyl (C=O) groups excluding carboxylic acids is 1. The predicted octanol–water partition coefficient (Wildman–Crippen LogP) is 2.64. The number of likely N-dealkylation sites (N-methyl/N-ethyl adjacent to an activating group) is 1. The molecular weight excluding hydrogens is 226 g/mol. The maximum absolute atomic E-state index is 12.1. The lowest BCUT2D eigenvalue weighted by atomic mass is 9.90. The molecule has 1 N–H and O–H groups in total. The van der Waals surface area contributed by atoms with Crippen LogP contribution in [-0.4, -0.2) is 42.0 Å². The van der Waals surface area contributed by atoms with Gasteiger partial charge in [-0.05, 0) is 39.8 Å². The fourth-order valence-electron chi connectivity index (χ4n) is 2.08. The van der Waals surface area contributed by atoms with Crippen molar-refractivity contribution in [2.24, 2.45) is 5.92 Å². The number of hydrogen-bond donors (Lipinski definition) is 1. The molecule has 106 valence electrons. The lowest BCUT2D eigenvalue weighted by Gasteiger charge is -2.31. The van der Waals surface area contributed by atoms with Gasteiger partial charge in [0.25, 0.3) is 0 Å². The van der Waals surface area contributed by atoms with Crippen LogP contribution in [0.4, 0.5) is 0 Å². The van der Waals surface area contributed by atoms with E-state index < -0.39 is 6.10 Å². The third-order valence-electron chi connectivity index (χ3n) is 3.31. The minimum absolute atomic E-state index is 0.0965. The molecule has 0 aliphatic carbocycles. The minimum atomic E-state index is -0.597. The number of Topliss-reactive ketones (excluding diaryl/α,β-unsaturated/α-hetero) is 1. The summed E-state index contributed by atoms with van der Waals surface area (Å²) in [5.41, 5.74) is 0. The summed E-state index contributed by atoms with van der Waals surface area (Å²) >= 11 is 0. The first-order chi connectivity index (χ1) is 8.45. The van der Waals surface area contributed by atoms with Crippen molar-refractivity contribution in [3.8, 4) is 0 Å². The smallest absolute Gasteiger partial charge is 0.152 e. The highest BCUT2D eigenvalue weighted by molar-refractivity contribution is 5.84. The van der Waals surface area contributed by atoms with E-state index >= 15 is 0 Å². The molecule has 3 nitrogen and oxygen atoms in total. The number of aliphatic hydroxyl groups excluding tert-OH is 1. The van der Waals surface area contributed by atoms with Crippen molar-refractivity contribution in [2.45, 2.75) is 58.6 Å². The summed E-state index contributed by atoms with van der Waals surface area (Å²) in [5, 5.41) is 10.3. The Bertz CT molecular complexity index is 261. The highest BCUT2D eigenvalue weighted by Gasteiger charge is 2.31. The summed E-state index contributed by atoms with van der Waals surface area (Å²) in [6.45, 7) is 6.03. The Morgan fingerprint density at radius 3 is 2.44 bits per heavy atom. The topological polar surface area (TPSA) is 40.5 Å². The van der Waals surface area contributed by atoms with Crippen LogP contribution in [0.3, 0.4) is 0 Å². The van der Waals surface area contributed by atoms with Crippen LogP contribution in [0.25, 0.3) is 0 Å². The Balaban J connectivity index is 4.61. The van der Waals surface area contributed by atoms with Crippen LogP contribution in [0.15, 0.2) is 12.2 Å². The van der Waals surface area contributed by atoms with E-state index in [0.717, 1.165) is 19.3 Å². The SMILES string of the molecule is C/C=C/C[C@@H](C)[C@@H](O)[C@@H](C(=O)CCCC)N(C)C. The molecule has 0 fully saturated rings. The molecule has 0 heterocycles. The summed E-state index contributed by atoms with van der Waals surface area (Å²) in [6.07, 6.45) is 6.70. The Morgan fingerprint density at radius 2 is 2.00 bits per heavy atom. The number of carbonyl (C=O) groups is 1. The number of nitrogens with zero attached hydrogens (tertiary/aromatic N) is 1. The zero-order chi connectivity index (χ0) is 14.1. The molecule has 18 heavy (non-hydrogen) atoms. The van der Waals surface area contributed by atoms with Crippen molar-refractivity contribution in [3.63, 3.8) is 0 Å². The molecule has 0 saturated carbocycles. The molecule has 0 bridgehead atoms. The quantitative estimate of drug-likeness (QED) is 0.644. The van der Waals surface area contributed by atoms with Gasteiger partial charge in [0.05, 0.1) is 12.1 Å². The molecule has 0 aromatic carbocycles. The Kier molecular flexibility index (Phi) is 8.94. The molecule has 0 aromatic rings. The van der Waals surface area contributed by atoms with Crippen molar-refractivity contribution < 1.29 is 9.90 Å². The van der Waals surface area contributed by atoms with Crippen molar-refractivity contribution in [3.05, 3.63) is 12.2 Å². The highest BCUT2D eigenvalue weighted by Crippen LogP contribution is 2.18. The van der Waals surface area contributed by atoms with Crippen molar-refractivity contribution >= 4 is 5.78 Å². The summed E-state index contributed by atoms with van der Waals surface area (Å²) in [6, 6.07) is -0.378. The van der Waals surface area contributed by atoms with Gasteiger partial charge in [0.2, 0.25) is 0 Å². The van der Waals surface area contributed by atoms with Crippen LogP contribution < -0.4 is 0 Å². The third-order valence-corrected chi connectivity index (χ3v) is 3.31. The molecule has 0 unspecified atom stereocenters. The molecule has 0 aromatic heterocycles. The lowest BCUT2D eigenvalue weighted by molar-refractivity contribution is -0.128. The van der Waals surface area contributed by atoms with Crippen molar-refractivity contribution in [1.29, 1.82) is 0 Å². The van der Waals surface area contributed by atoms with Crippen molar-refractivity contribution in [2.75, 3.05) is 14.1 Å². The largest absolute Gasteiger partial charge is 0.391 e. The molecule has 0 aliphatic rings. The van der Waals surface area contributed by atoms with Gasteiger partial charge in [-0.3, -0.25) is 9.69 Å². The Hall–Kier alpha value is -0.670. The number of aliphatic hydroxyl groups is 1. The predicted molar refractivity (Wildman–Crippen MR) is 76.6 cm³/mol. The van der Waals surface area contributed by atoms with Gasteiger partial charge in [-0.25, -0.2) is 0 Å². The van der Waals surface area contributed by atoms with E-state index in [0.29, 0.717) is 6.42 Å². The first kappa shape index (κ1) is 17.3. The Morgan fingerprint density at radius 1 is 1.39 bits per heavy atom. The van der Waals surface area contributed by atoms with Crippen LogP contribution in [-0.2, 0) is 4.79 Å². The van der Waals surface area contributed by atoms with Crippen LogP contribution in [0.5, 0.6) is 0 Å². The van der Waals surface area contributed by atoms with Crippen molar-refractivity contribution in [1.82, 2.24) is 4.90 Å². The van der Waals surface area contributed by atoms with Gasteiger partial charge in [0, 0.05) is 6.42 Å². The number of allylic oxidation sites excluding steroid dienone is 2. The molecule has 0 radical (unpaired) electrons. The zero-order valence-electron chi connectivity index (χ0n) is 12.5. The number of ketones is 1. The second-order valence-corrected chi connectivity index (χ2v) is 5.25.